The smallest absolute Gasteiger partial charge is 0.236 e. The average Bonchev–Trinajstić information content (AvgIpc) is 2.55. The standard InChI is InChI=1S/C17H20Cl2N4O/c1-17(2,13-5-6-14(18)15(19)11-13)22-12-16(24)23(9-3-7-20)10-4-8-21/h5-6,11,22H,3-4,9-10,12H2,1-2H3. The van der Waals surface area contributed by atoms with E-state index >= 15 is 0 Å². The minimum absolute atomic E-state index is 0.101. The molecule has 0 fully saturated rings. The summed E-state index contributed by atoms with van der Waals surface area (Å²) in [7, 11) is 0. The van der Waals surface area contributed by atoms with Crippen LogP contribution in [-0.4, -0.2) is 30.4 Å². The summed E-state index contributed by atoms with van der Waals surface area (Å²) in [5.74, 6) is -0.145. The van der Waals surface area contributed by atoms with E-state index in [9.17, 15) is 4.79 Å². The Morgan fingerprint density at radius 2 is 1.75 bits per heavy atom. The van der Waals surface area contributed by atoms with Crippen molar-refractivity contribution >= 4 is 29.1 Å². The summed E-state index contributed by atoms with van der Waals surface area (Å²) in [6.45, 7) is 4.63. The van der Waals surface area contributed by atoms with Crippen LogP contribution < -0.4 is 5.32 Å². The van der Waals surface area contributed by atoms with Gasteiger partial charge in [0.05, 0.1) is 41.6 Å². The van der Waals surface area contributed by atoms with Crippen LogP contribution in [-0.2, 0) is 10.3 Å². The predicted octanol–water partition coefficient (Wildman–Crippen LogP) is 3.47. The Labute approximate surface area is 152 Å². The van der Waals surface area contributed by atoms with Gasteiger partial charge in [-0.2, -0.15) is 10.5 Å². The fourth-order valence-electron chi connectivity index (χ4n) is 2.13. The number of hydrogen-bond acceptors (Lipinski definition) is 4. The van der Waals surface area contributed by atoms with Gasteiger partial charge in [-0.1, -0.05) is 29.3 Å². The van der Waals surface area contributed by atoms with Gasteiger partial charge in [0.15, 0.2) is 0 Å². The maximum absolute atomic E-state index is 12.4. The largest absolute Gasteiger partial charge is 0.340 e. The minimum atomic E-state index is -0.486. The van der Waals surface area contributed by atoms with Crippen LogP contribution >= 0.6 is 23.2 Å². The van der Waals surface area contributed by atoms with Gasteiger partial charge < -0.3 is 4.90 Å². The number of halogens is 2. The number of hydrogen-bond donors (Lipinski definition) is 1. The molecular formula is C17H20Cl2N4O. The van der Waals surface area contributed by atoms with Gasteiger partial charge in [0, 0.05) is 18.6 Å². The van der Waals surface area contributed by atoms with Gasteiger partial charge in [-0.05, 0) is 31.5 Å². The summed E-state index contributed by atoms with van der Waals surface area (Å²) in [5.41, 5.74) is 0.422. The molecule has 1 rings (SSSR count). The Balaban J connectivity index is 2.72. The quantitative estimate of drug-likeness (QED) is 0.763. The fraction of sp³-hybridized carbons (Fsp3) is 0.471. The molecular weight excluding hydrogens is 347 g/mol. The van der Waals surface area contributed by atoms with E-state index in [-0.39, 0.29) is 25.3 Å². The zero-order chi connectivity index (χ0) is 18.2. The molecule has 1 N–H and O–H groups in total. The maximum atomic E-state index is 12.4. The highest BCUT2D eigenvalue weighted by molar-refractivity contribution is 6.42. The molecule has 1 aromatic rings. The average molecular weight is 367 g/mol. The Morgan fingerprint density at radius 3 is 2.25 bits per heavy atom. The van der Waals surface area contributed by atoms with Crippen molar-refractivity contribution in [3.8, 4) is 12.1 Å². The molecule has 0 bridgehead atoms. The molecule has 0 saturated heterocycles. The van der Waals surface area contributed by atoms with Gasteiger partial charge in [-0.3, -0.25) is 10.1 Å². The zero-order valence-corrected chi connectivity index (χ0v) is 15.3. The first kappa shape index (κ1) is 20.3. The first-order valence-corrected chi connectivity index (χ1v) is 8.29. The molecule has 0 atom stereocenters. The second-order valence-corrected chi connectivity index (χ2v) is 6.62. The van der Waals surface area contributed by atoms with Crippen LogP contribution in [0.4, 0.5) is 0 Å². The summed E-state index contributed by atoms with van der Waals surface area (Å²) >= 11 is 12.0. The van der Waals surface area contributed by atoms with Gasteiger partial charge in [-0.25, -0.2) is 0 Å². The van der Waals surface area contributed by atoms with Gasteiger partial charge in [0.2, 0.25) is 5.91 Å². The number of nitrogens with one attached hydrogen (secondary N) is 1. The van der Waals surface area contributed by atoms with E-state index in [0.29, 0.717) is 23.1 Å². The van der Waals surface area contributed by atoms with Gasteiger partial charge >= 0.3 is 0 Å². The number of carbonyl (C=O) groups excluding carboxylic acids is 1. The van der Waals surface area contributed by atoms with Crippen LogP contribution in [0.5, 0.6) is 0 Å². The maximum Gasteiger partial charge on any atom is 0.236 e. The molecule has 0 spiro atoms. The predicted molar refractivity (Wildman–Crippen MR) is 94.5 cm³/mol. The van der Waals surface area contributed by atoms with Crippen molar-refractivity contribution in [1.29, 1.82) is 10.5 Å². The van der Waals surface area contributed by atoms with Crippen molar-refractivity contribution in [2.75, 3.05) is 19.6 Å². The van der Waals surface area contributed by atoms with Crippen LogP contribution in [0.3, 0.4) is 0 Å². The molecule has 5 nitrogen and oxygen atoms in total. The molecule has 0 aliphatic carbocycles. The van der Waals surface area contributed by atoms with Gasteiger partial charge in [-0.15, -0.1) is 0 Å². The van der Waals surface area contributed by atoms with E-state index in [4.69, 9.17) is 33.7 Å². The first-order chi connectivity index (χ1) is 11.3. The molecule has 7 heteroatoms. The zero-order valence-electron chi connectivity index (χ0n) is 13.8. The third kappa shape index (κ3) is 6.02. The number of rotatable bonds is 8. The molecule has 0 heterocycles. The van der Waals surface area contributed by atoms with E-state index < -0.39 is 5.54 Å². The molecule has 24 heavy (non-hydrogen) atoms. The summed E-state index contributed by atoms with van der Waals surface area (Å²) in [5, 5.41) is 21.5. The highest BCUT2D eigenvalue weighted by atomic mass is 35.5. The summed E-state index contributed by atoms with van der Waals surface area (Å²) in [6, 6.07) is 9.37. The van der Waals surface area contributed by atoms with Crippen LogP contribution in [0.2, 0.25) is 10.0 Å². The van der Waals surface area contributed by atoms with Crippen molar-refractivity contribution in [2.24, 2.45) is 0 Å². The normalized spacial score (nSPS) is 10.8. The number of nitriles is 2. The highest BCUT2D eigenvalue weighted by Crippen LogP contribution is 2.28. The van der Waals surface area contributed by atoms with Crippen LogP contribution in [0.25, 0.3) is 0 Å². The van der Waals surface area contributed by atoms with Gasteiger partial charge in [0.1, 0.15) is 0 Å². The molecule has 0 unspecified atom stereocenters. The first-order valence-electron chi connectivity index (χ1n) is 7.54. The third-order valence-electron chi connectivity index (χ3n) is 3.66. The molecule has 0 radical (unpaired) electrons. The number of nitrogens with zero attached hydrogens (tertiary/aromatic N) is 3. The lowest BCUT2D eigenvalue weighted by Gasteiger charge is -2.29. The molecule has 1 aromatic carbocycles. The topological polar surface area (TPSA) is 79.9 Å². The SMILES string of the molecule is CC(C)(NCC(=O)N(CCC#N)CCC#N)c1ccc(Cl)c(Cl)c1. The number of amides is 1. The lowest BCUT2D eigenvalue weighted by molar-refractivity contribution is -0.130. The van der Waals surface area contributed by atoms with Crippen molar-refractivity contribution < 1.29 is 4.79 Å². The summed E-state index contributed by atoms with van der Waals surface area (Å²) < 4.78 is 0. The monoisotopic (exact) mass is 366 g/mol. The number of carbonyl (C=O) groups is 1. The Kier molecular flexibility index (Phi) is 8.01. The minimum Gasteiger partial charge on any atom is -0.340 e. The highest BCUT2D eigenvalue weighted by Gasteiger charge is 2.23. The van der Waals surface area contributed by atoms with Crippen molar-refractivity contribution in [3.63, 3.8) is 0 Å². The molecule has 0 aliphatic rings. The molecule has 128 valence electrons. The Hall–Kier alpha value is -1.79. The molecule has 1 amide bonds. The van der Waals surface area contributed by atoms with Crippen LogP contribution in [0.15, 0.2) is 18.2 Å². The van der Waals surface area contributed by atoms with Crippen molar-refractivity contribution in [3.05, 3.63) is 33.8 Å². The lowest BCUT2D eigenvalue weighted by Crippen LogP contribution is -2.45. The van der Waals surface area contributed by atoms with E-state index in [2.05, 4.69) is 5.32 Å². The van der Waals surface area contributed by atoms with Crippen molar-refractivity contribution in [1.82, 2.24) is 10.2 Å². The summed E-state index contributed by atoms with van der Waals surface area (Å²) in [4.78, 5) is 13.9. The van der Waals surface area contributed by atoms with E-state index in [1.165, 1.54) is 4.90 Å². The van der Waals surface area contributed by atoms with E-state index in [1.54, 1.807) is 12.1 Å². The summed E-state index contributed by atoms with van der Waals surface area (Å²) in [6.07, 6.45) is 0.487. The van der Waals surface area contributed by atoms with E-state index in [0.717, 1.165) is 5.56 Å². The molecule has 0 aromatic heterocycles. The number of benzene rings is 1. The third-order valence-corrected chi connectivity index (χ3v) is 4.40. The lowest BCUT2D eigenvalue weighted by atomic mass is 9.94. The Morgan fingerprint density at radius 1 is 1.17 bits per heavy atom. The molecule has 0 saturated carbocycles. The fourth-order valence-corrected chi connectivity index (χ4v) is 2.42. The van der Waals surface area contributed by atoms with Crippen LogP contribution in [0, 0.1) is 22.7 Å². The molecule has 0 aliphatic heterocycles. The van der Waals surface area contributed by atoms with Gasteiger partial charge in [0.25, 0.3) is 0 Å². The second kappa shape index (κ2) is 9.49. The Bertz CT molecular complexity index is 644. The van der Waals surface area contributed by atoms with Crippen molar-refractivity contribution in [2.45, 2.75) is 32.2 Å². The van der Waals surface area contributed by atoms with E-state index in [1.807, 2.05) is 32.1 Å². The second-order valence-electron chi connectivity index (χ2n) is 5.80. The van der Waals surface area contributed by atoms with Crippen LogP contribution in [0.1, 0.15) is 32.3 Å².